The Balaban J connectivity index is 1.94. The number of carbonyl (C=O) groups is 1. The standard InChI is InChI=1S/C20H18N2O3S/c1-2-14-9-11-15(12-10-14)19(18-8-5-13-26-18)21-20(23)16-6-3-4-7-17(16)22(24)25/h3-13,19H,2H2,1H3,(H,21,23). The van der Waals surface area contributed by atoms with Gasteiger partial charge in [0.2, 0.25) is 0 Å². The molecule has 0 saturated carbocycles. The van der Waals surface area contributed by atoms with Crippen LogP contribution < -0.4 is 5.32 Å². The largest absolute Gasteiger partial charge is 0.340 e. The lowest BCUT2D eigenvalue weighted by molar-refractivity contribution is -0.385. The quantitative estimate of drug-likeness (QED) is 0.506. The second kappa shape index (κ2) is 7.93. The predicted molar refractivity (Wildman–Crippen MR) is 103 cm³/mol. The number of hydrogen-bond donors (Lipinski definition) is 1. The van der Waals surface area contributed by atoms with E-state index < -0.39 is 10.8 Å². The minimum atomic E-state index is -0.537. The third kappa shape index (κ3) is 3.81. The Morgan fingerprint density at radius 3 is 2.46 bits per heavy atom. The molecule has 6 heteroatoms. The van der Waals surface area contributed by atoms with E-state index >= 15 is 0 Å². The van der Waals surface area contributed by atoms with E-state index in [2.05, 4.69) is 12.2 Å². The normalized spacial score (nSPS) is 11.7. The smallest absolute Gasteiger partial charge is 0.282 e. The van der Waals surface area contributed by atoms with Crippen LogP contribution in [0.3, 0.4) is 0 Å². The predicted octanol–water partition coefficient (Wildman–Crippen LogP) is 4.74. The molecule has 1 heterocycles. The molecule has 5 nitrogen and oxygen atoms in total. The number of nitrogens with one attached hydrogen (secondary N) is 1. The Hall–Kier alpha value is -2.99. The molecule has 0 bridgehead atoms. The van der Waals surface area contributed by atoms with Gasteiger partial charge in [-0.15, -0.1) is 11.3 Å². The molecule has 0 aliphatic rings. The number of nitro benzene ring substituents is 1. The van der Waals surface area contributed by atoms with E-state index in [0.717, 1.165) is 16.9 Å². The maximum absolute atomic E-state index is 12.8. The van der Waals surface area contributed by atoms with Gasteiger partial charge in [-0.25, -0.2) is 0 Å². The molecule has 132 valence electrons. The van der Waals surface area contributed by atoms with Crippen molar-refractivity contribution in [3.63, 3.8) is 0 Å². The van der Waals surface area contributed by atoms with Gasteiger partial charge < -0.3 is 5.32 Å². The van der Waals surface area contributed by atoms with Crippen molar-refractivity contribution >= 4 is 22.9 Å². The molecule has 0 fully saturated rings. The van der Waals surface area contributed by atoms with Gasteiger partial charge in [0.25, 0.3) is 11.6 Å². The maximum atomic E-state index is 12.8. The van der Waals surface area contributed by atoms with E-state index in [-0.39, 0.29) is 17.3 Å². The number of benzene rings is 2. The summed E-state index contributed by atoms with van der Waals surface area (Å²) in [6.45, 7) is 2.09. The minimum Gasteiger partial charge on any atom is -0.340 e. The van der Waals surface area contributed by atoms with Gasteiger partial charge in [-0.2, -0.15) is 0 Å². The average Bonchev–Trinajstić information content (AvgIpc) is 3.20. The Morgan fingerprint density at radius 1 is 1.12 bits per heavy atom. The zero-order valence-electron chi connectivity index (χ0n) is 14.2. The first-order valence-electron chi connectivity index (χ1n) is 8.26. The number of carbonyl (C=O) groups excluding carboxylic acids is 1. The van der Waals surface area contributed by atoms with Crippen LogP contribution in [0.1, 0.15) is 39.3 Å². The van der Waals surface area contributed by atoms with Gasteiger partial charge in [-0.1, -0.05) is 49.4 Å². The SMILES string of the molecule is CCc1ccc(C(NC(=O)c2ccccc2[N+](=O)[O-])c2cccs2)cc1. The van der Waals surface area contributed by atoms with Crippen molar-refractivity contribution in [2.45, 2.75) is 19.4 Å². The molecule has 3 rings (SSSR count). The van der Waals surface area contributed by atoms with E-state index in [1.807, 2.05) is 41.8 Å². The van der Waals surface area contributed by atoms with Crippen molar-refractivity contribution in [2.75, 3.05) is 0 Å². The van der Waals surface area contributed by atoms with E-state index in [9.17, 15) is 14.9 Å². The number of amides is 1. The van der Waals surface area contributed by atoms with Gasteiger partial charge in [0.05, 0.1) is 11.0 Å². The lowest BCUT2D eigenvalue weighted by atomic mass is 10.0. The lowest BCUT2D eigenvalue weighted by Crippen LogP contribution is -2.29. The monoisotopic (exact) mass is 366 g/mol. The number of nitrogens with zero attached hydrogens (tertiary/aromatic N) is 1. The van der Waals surface area contributed by atoms with Crippen LogP contribution in [0.15, 0.2) is 66.0 Å². The minimum absolute atomic E-state index is 0.0595. The molecule has 1 atom stereocenters. The van der Waals surface area contributed by atoms with Crippen molar-refractivity contribution in [1.82, 2.24) is 5.32 Å². The van der Waals surface area contributed by atoms with Crippen molar-refractivity contribution in [3.8, 4) is 0 Å². The van der Waals surface area contributed by atoms with Gasteiger partial charge in [0.15, 0.2) is 0 Å². The number of thiophene rings is 1. The fourth-order valence-electron chi connectivity index (χ4n) is 2.75. The fraction of sp³-hybridized carbons (Fsp3) is 0.150. The highest BCUT2D eigenvalue weighted by Gasteiger charge is 2.24. The highest BCUT2D eigenvalue weighted by atomic mass is 32.1. The summed E-state index contributed by atoms with van der Waals surface area (Å²) in [5, 5.41) is 16.1. The molecule has 26 heavy (non-hydrogen) atoms. The average molecular weight is 366 g/mol. The third-order valence-electron chi connectivity index (χ3n) is 4.17. The van der Waals surface area contributed by atoms with Crippen LogP contribution in [-0.4, -0.2) is 10.8 Å². The fourth-order valence-corrected chi connectivity index (χ4v) is 3.56. The molecule has 2 aromatic carbocycles. The van der Waals surface area contributed by atoms with Crippen molar-refractivity contribution < 1.29 is 9.72 Å². The summed E-state index contributed by atoms with van der Waals surface area (Å²) >= 11 is 1.53. The second-order valence-electron chi connectivity index (χ2n) is 5.79. The first-order valence-corrected chi connectivity index (χ1v) is 9.14. The van der Waals surface area contributed by atoms with Gasteiger partial charge in [0.1, 0.15) is 5.56 Å². The van der Waals surface area contributed by atoms with Crippen LogP contribution in [0.4, 0.5) is 5.69 Å². The first kappa shape index (κ1) is 17.8. The van der Waals surface area contributed by atoms with E-state index in [0.29, 0.717) is 0 Å². The van der Waals surface area contributed by atoms with E-state index in [1.165, 1.54) is 29.0 Å². The van der Waals surface area contributed by atoms with Crippen molar-refractivity contribution in [1.29, 1.82) is 0 Å². The molecule has 3 aromatic rings. The summed E-state index contributed by atoms with van der Waals surface area (Å²) in [5.74, 6) is -0.463. The molecular weight excluding hydrogens is 348 g/mol. The Labute approximate surface area is 155 Å². The molecule has 1 N–H and O–H groups in total. The van der Waals surface area contributed by atoms with Crippen LogP contribution in [0, 0.1) is 10.1 Å². The van der Waals surface area contributed by atoms with Crippen molar-refractivity contribution in [3.05, 3.63) is 97.7 Å². The first-order chi connectivity index (χ1) is 12.6. The van der Waals surface area contributed by atoms with Crippen LogP contribution in [0.2, 0.25) is 0 Å². The second-order valence-corrected chi connectivity index (χ2v) is 6.77. The topological polar surface area (TPSA) is 72.2 Å². The van der Waals surface area contributed by atoms with E-state index in [4.69, 9.17) is 0 Å². The summed E-state index contributed by atoms with van der Waals surface area (Å²) < 4.78 is 0. The zero-order valence-corrected chi connectivity index (χ0v) is 15.0. The van der Waals surface area contributed by atoms with Crippen LogP contribution in [-0.2, 0) is 6.42 Å². The summed E-state index contributed by atoms with van der Waals surface area (Å²) in [4.78, 5) is 24.4. The summed E-state index contributed by atoms with van der Waals surface area (Å²) in [7, 11) is 0. The van der Waals surface area contributed by atoms with Gasteiger partial charge in [-0.05, 0) is 35.1 Å². The molecule has 0 aliphatic carbocycles. The Morgan fingerprint density at radius 2 is 1.85 bits per heavy atom. The van der Waals surface area contributed by atoms with Crippen LogP contribution in [0.5, 0.6) is 0 Å². The summed E-state index contributed by atoms with van der Waals surface area (Å²) in [5.41, 5.74) is 2.01. The Kier molecular flexibility index (Phi) is 5.43. The molecule has 0 spiro atoms. The number of hydrogen-bond acceptors (Lipinski definition) is 4. The van der Waals surface area contributed by atoms with Crippen LogP contribution >= 0.6 is 11.3 Å². The highest BCUT2D eigenvalue weighted by Crippen LogP contribution is 2.28. The molecule has 0 radical (unpaired) electrons. The van der Waals surface area contributed by atoms with E-state index in [1.54, 1.807) is 12.1 Å². The molecule has 1 unspecified atom stereocenters. The molecule has 0 aliphatic heterocycles. The van der Waals surface area contributed by atoms with Gasteiger partial charge >= 0.3 is 0 Å². The van der Waals surface area contributed by atoms with Gasteiger partial charge in [0, 0.05) is 10.9 Å². The maximum Gasteiger partial charge on any atom is 0.282 e. The molecule has 0 saturated heterocycles. The number of nitro groups is 1. The molecule has 1 amide bonds. The lowest BCUT2D eigenvalue weighted by Gasteiger charge is -2.18. The number of para-hydroxylation sites is 1. The van der Waals surface area contributed by atoms with Crippen LogP contribution in [0.25, 0.3) is 0 Å². The third-order valence-corrected chi connectivity index (χ3v) is 5.11. The highest BCUT2D eigenvalue weighted by molar-refractivity contribution is 7.10. The summed E-state index contributed by atoms with van der Waals surface area (Å²) in [6.07, 6.45) is 0.937. The number of rotatable bonds is 6. The Bertz CT molecular complexity index is 905. The number of aryl methyl sites for hydroxylation is 1. The molecular formula is C20H18N2O3S. The van der Waals surface area contributed by atoms with Crippen molar-refractivity contribution in [2.24, 2.45) is 0 Å². The zero-order chi connectivity index (χ0) is 18.5. The molecule has 1 aromatic heterocycles. The summed E-state index contributed by atoms with van der Waals surface area (Å²) in [6, 6.07) is 17.5. The van der Waals surface area contributed by atoms with Gasteiger partial charge in [-0.3, -0.25) is 14.9 Å².